The Morgan fingerprint density at radius 2 is 1.80 bits per heavy atom. The highest BCUT2D eigenvalue weighted by Crippen LogP contribution is 2.16. The Hall–Kier alpha value is -3.76. The summed E-state index contributed by atoms with van der Waals surface area (Å²) in [5, 5.41) is 12.1. The molecule has 2 heterocycles. The number of carbonyl (C=O) groups is 1. The van der Waals surface area contributed by atoms with Gasteiger partial charge in [-0.2, -0.15) is 5.26 Å². The molecule has 7 heteroatoms. The van der Waals surface area contributed by atoms with Gasteiger partial charge in [0, 0.05) is 38.4 Å². The van der Waals surface area contributed by atoms with E-state index in [1.54, 1.807) is 18.2 Å². The summed E-state index contributed by atoms with van der Waals surface area (Å²) in [4.78, 5) is 25.5. The quantitative estimate of drug-likeness (QED) is 0.711. The van der Waals surface area contributed by atoms with Crippen LogP contribution in [0.15, 0.2) is 67.0 Å². The molecule has 1 amide bonds. The van der Waals surface area contributed by atoms with Crippen LogP contribution in [0.5, 0.6) is 0 Å². The minimum atomic E-state index is -0.0973. The van der Waals surface area contributed by atoms with Crippen molar-refractivity contribution in [1.29, 1.82) is 5.26 Å². The Kier molecular flexibility index (Phi) is 5.97. The van der Waals surface area contributed by atoms with Gasteiger partial charge in [0.2, 0.25) is 0 Å². The zero-order valence-electron chi connectivity index (χ0n) is 16.5. The normalized spacial score (nSPS) is 14.2. The fraction of sp³-hybridized carbons (Fsp3) is 0.217. The van der Waals surface area contributed by atoms with Crippen molar-refractivity contribution in [2.24, 2.45) is 0 Å². The van der Waals surface area contributed by atoms with Crippen molar-refractivity contribution in [2.45, 2.75) is 6.54 Å². The molecule has 1 N–H and O–H groups in total. The molecule has 0 saturated carbocycles. The van der Waals surface area contributed by atoms with E-state index in [4.69, 9.17) is 5.26 Å². The molecule has 0 bridgehead atoms. The van der Waals surface area contributed by atoms with E-state index in [9.17, 15) is 4.79 Å². The third-order valence-corrected chi connectivity index (χ3v) is 5.04. The molecule has 150 valence electrons. The molecule has 0 unspecified atom stereocenters. The molecular formula is C23H22N6O. The molecule has 0 spiro atoms. The molecule has 1 aliphatic rings. The van der Waals surface area contributed by atoms with E-state index in [2.05, 4.69) is 38.4 Å². The molecule has 2 aromatic carbocycles. The van der Waals surface area contributed by atoms with Gasteiger partial charge >= 0.3 is 0 Å². The molecule has 7 nitrogen and oxygen atoms in total. The summed E-state index contributed by atoms with van der Waals surface area (Å²) in [5.74, 6) is 0.425. The maximum Gasteiger partial charge on any atom is 0.274 e. The predicted molar refractivity (Wildman–Crippen MR) is 114 cm³/mol. The summed E-state index contributed by atoms with van der Waals surface area (Å²) in [7, 11) is 0. The van der Waals surface area contributed by atoms with Crippen LogP contribution >= 0.6 is 0 Å². The lowest BCUT2D eigenvalue weighted by molar-refractivity contribution is 0.0622. The Morgan fingerprint density at radius 3 is 2.50 bits per heavy atom. The van der Waals surface area contributed by atoms with E-state index >= 15 is 0 Å². The number of anilines is 2. The van der Waals surface area contributed by atoms with Crippen LogP contribution in [0.3, 0.4) is 0 Å². The SMILES string of the molecule is N#Cc1cccc(Nc2cnc(C(=O)N3CCN(Cc4ccccc4)CC3)cn2)c1. The first-order valence-electron chi connectivity index (χ1n) is 9.86. The maximum atomic E-state index is 12.8. The summed E-state index contributed by atoms with van der Waals surface area (Å²) in [5.41, 5.74) is 2.93. The van der Waals surface area contributed by atoms with Gasteiger partial charge in [-0.3, -0.25) is 9.69 Å². The lowest BCUT2D eigenvalue weighted by atomic mass is 10.2. The molecular weight excluding hydrogens is 376 g/mol. The second-order valence-corrected chi connectivity index (χ2v) is 7.16. The molecule has 1 fully saturated rings. The van der Waals surface area contributed by atoms with Gasteiger partial charge in [-0.05, 0) is 23.8 Å². The Morgan fingerprint density at radius 1 is 1.00 bits per heavy atom. The van der Waals surface area contributed by atoms with Crippen molar-refractivity contribution in [3.63, 3.8) is 0 Å². The number of hydrogen-bond donors (Lipinski definition) is 1. The van der Waals surface area contributed by atoms with Crippen molar-refractivity contribution in [3.05, 3.63) is 83.8 Å². The van der Waals surface area contributed by atoms with Crippen molar-refractivity contribution >= 4 is 17.4 Å². The van der Waals surface area contributed by atoms with Gasteiger partial charge in [-0.15, -0.1) is 0 Å². The highest BCUT2D eigenvalue weighted by Gasteiger charge is 2.23. The molecule has 30 heavy (non-hydrogen) atoms. The van der Waals surface area contributed by atoms with Gasteiger partial charge in [0.25, 0.3) is 5.91 Å². The zero-order chi connectivity index (χ0) is 20.8. The third-order valence-electron chi connectivity index (χ3n) is 5.04. The van der Waals surface area contributed by atoms with E-state index in [-0.39, 0.29) is 5.91 Å². The van der Waals surface area contributed by atoms with Crippen LogP contribution in [0.25, 0.3) is 0 Å². The van der Waals surface area contributed by atoms with Crippen LogP contribution in [0.1, 0.15) is 21.6 Å². The van der Waals surface area contributed by atoms with Crippen molar-refractivity contribution in [2.75, 3.05) is 31.5 Å². The second-order valence-electron chi connectivity index (χ2n) is 7.16. The Balaban J connectivity index is 1.32. The van der Waals surface area contributed by atoms with Crippen LogP contribution in [0.4, 0.5) is 11.5 Å². The van der Waals surface area contributed by atoms with Crippen molar-refractivity contribution in [1.82, 2.24) is 19.8 Å². The molecule has 0 aliphatic carbocycles. The average Bonchev–Trinajstić information content (AvgIpc) is 2.80. The fourth-order valence-electron chi connectivity index (χ4n) is 3.43. The van der Waals surface area contributed by atoms with E-state index in [1.165, 1.54) is 18.0 Å². The van der Waals surface area contributed by atoms with Crippen molar-refractivity contribution < 1.29 is 4.79 Å². The first kappa shape index (κ1) is 19.6. The summed E-state index contributed by atoms with van der Waals surface area (Å²) in [6, 6.07) is 19.6. The smallest absolute Gasteiger partial charge is 0.274 e. The van der Waals surface area contributed by atoms with Gasteiger partial charge in [-0.1, -0.05) is 36.4 Å². The Bertz CT molecular complexity index is 1040. The van der Waals surface area contributed by atoms with E-state index in [1.807, 2.05) is 29.2 Å². The number of amides is 1. The first-order valence-corrected chi connectivity index (χ1v) is 9.86. The highest BCUT2D eigenvalue weighted by atomic mass is 16.2. The summed E-state index contributed by atoms with van der Waals surface area (Å²) in [6.07, 6.45) is 3.03. The van der Waals surface area contributed by atoms with Crippen LogP contribution < -0.4 is 5.32 Å². The highest BCUT2D eigenvalue weighted by molar-refractivity contribution is 5.92. The van der Waals surface area contributed by atoms with Gasteiger partial charge in [-0.25, -0.2) is 9.97 Å². The zero-order valence-corrected chi connectivity index (χ0v) is 16.5. The minimum absolute atomic E-state index is 0.0973. The molecule has 1 aromatic heterocycles. The number of rotatable bonds is 5. The standard InChI is InChI=1S/C23H22N6O/c24-14-19-7-4-8-20(13-19)27-22-16-25-21(15-26-22)23(30)29-11-9-28(10-12-29)17-18-5-2-1-3-6-18/h1-8,13,15-16H,9-12,17H2,(H,26,27). The van der Waals surface area contributed by atoms with Gasteiger partial charge in [0.05, 0.1) is 24.0 Å². The van der Waals surface area contributed by atoms with Crippen LogP contribution in [-0.4, -0.2) is 51.9 Å². The summed E-state index contributed by atoms with van der Waals surface area (Å²) in [6.45, 7) is 3.92. The van der Waals surface area contributed by atoms with E-state index < -0.39 is 0 Å². The number of nitrogens with zero attached hydrogens (tertiary/aromatic N) is 5. The molecule has 0 atom stereocenters. The monoisotopic (exact) mass is 398 g/mol. The van der Waals surface area contributed by atoms with Gasteiger partial charge in [0.15, 0.2) is 0 Å². The molecule has 3 aromatic rings. The topological polar surface area (TPSA) is 85.1 Å². The maximum absolute atomic E-state index is 12.8. The number of nitrogens with one attached hydrogen (secondary N) is 1. The number of hydrogen-bond acceptors (Lipinski definition) is 6. The summed E-state index contributed by atoms with van der Waals surface area (Å²) < 4.78 is 0. The average molecular weight is 398 g/mol. The number of carbonyl (C=O) groups excluding carboxylic acids is 1. The third kappa shape index (κ3) is 4.80. The predicted octanol–water partition coefficient (Wildman–Crippen LogP) is 3.05. The summed E-state index contributed by atoms with van der Waals surface area (Å²) >= 11 is 0. The van der Waals surface area contributed by atoms with E-state index in [0.717, 1.165) is 25.3 Å². The number of piperazine rings is 1. The van der Waals surface area contributed by atoms with Gasteiger partial charge < -0.3 is 10.2 Å². The Labute approximate surface area is 175 Å². The first-order chi connectivity index (χ1) is 14.7. The number of nitriles is 1. The van der Waals surface area contributed by atoms with Crippen molar-refractivity contribution in [3.8, 4) is 6.07 Å². The number of aromatic nitrogens is 2. The van der Waals surface area contributed by atoms with Crippen LogP contribution in [0.2, 0.25) is 0 Å². The largest absolute Gasteiger partial charge is 0.339 e. The minimum Gasteiger partial charge on any atom is -0.339 e. The second kappa shape index (κ2) is 9.16. The molecule has 1 saturated heterocycles. The molecule has 4 rings (SSSR count). The van der Waals surface area contributed by atoms with Crippen LogP contribution in [-0.2, 0) is 6.54 Å². The molecule has 0 radical (unpaired) electrons. The van der Waals surface area contributed by atoms with E-state index in [0.29, 0.717) is 30.2 Å². The van der Waals surface area contributed by atoms with Gasteiger partial charge in [0.1, 0.15) is 11.5 Å². The number of benzene rings is 2. The molecule has 1 aliphatic heterocycles. The lowest BCUT2D eigenvalue weighted by Gasteiger charge is -2.34. The fourth-order valence-corrected chi connectivity index (χ4v) is 3.43. The van der Waals surface area contributed by atoms with Crippen LogP contribution in [0, 0.1) is 11.3 Å². The lowest BCUT2D eigenvalue weighted by Crippen LogP contribution is -2.48.